The molecule has 0 radical (unpaired) electrons. The SMILES string of the molecule is CC(C)CCC[C@@H](C)[C@H]1CC[C@H]2[C@@H]3C4OC(C)(C)O[C@@H]4[C@H]4C[C@@H](C)CC[C@]4(C)[C@H]3CC[C@]12C. The summed E-state index contributed by atoms with van der Waals surface area (Å²) >= 11 is 0. The topological polar surface area (TPSA) is 18.5 Å². The van der Waals surface area contributed by atoms with Gasteiger partial charge in [-0.2, -0.15) is 0 Å². The predicted octanol–water partition coefficient (Wildman–Crippen LogP) is 8.48. The molecule has 1 unspecified atom stereocenters. The Balaban J connectivity index is 1.43. The Bertz CT molecular complexity index is 714. The summed E-state index contributed by atoms with van der Waals surface area (Å²) in [4.78, 5) is 0. The summed E-state index contributed by atoms with van der Waals surface area (Å²) in [5, 5.41) is 0. The lowest BCUT2D eigenvalue weighted by Gasteiger charge is -2.63. The Morgan fingerprint density at radius 2 is 1.42 bits per heavy atom. The molecule has 1 aliphatic heterocycles. The molecule has 0 aromatic carbocycles. The third-order valence-electron chi connectivity index (χ3n) is 12.0. The van der Waals surface area contributed by atoms with Crippen LogP contribution in [0, 0.1) is 58.2 Å². The molecule has 1 saturated heterocycles. The highest BCUT2D eigenvalue weighted by atomic mass is 16.8. The highest BCUT2D eigenvalue weighted by molar-refractivity contribution is 5.15. The molecule has 11 atom stereocenters. The summed E-state index contributed by atoms with van der Waals surface area (Å²) in [6, 6.07) is 0. The summed E-state index contributed by atoms with van der Waals surface area (Å²) in [5.74, 6) is 6.09. The number of hydrogen-bond donors (Lipinski definition) is 0. The van der Waals surface area contributed by atoms with E-state index in [4.69, 9.17) is 9.47 Å². The quantitative estimate of drug-likeness (QED) is 0.411. The molecule has 5 aliphatic rings. The van der Waals surface area contributed by atoms with Crippen molar-refractivity contribution in [3.63, 3.8) is 0 Å². The van der Waals surface area contributed by atoms with Gasteiger partial charge in [0.25, 0.3) is 0 Å². The number of rotatable bonds is 5. The van der Waals surface area contributed by atoms with Crippen LogP contribution in [0.3, 0.4) is 0 Å². The van der Waals surface area contributed by atoms with Gasteiger partial charge in [-0.3, -0.25) is 0 Å². The summed E-state index contributed by atoms with van der Waals surface area (Å²) in [6.45, 7) is 19.6. The molecule has 0 aromatic heterocycles. The van der Waals surface area contributed by atoms with E-state index < -0.39 is 5.79 Å². The zero-order chi connectivity index (χ0) is 23.8. The lowest BCUT2D eigenvalue weighted by atomic mass is 9.42. The zero-order valence-electron chi connectivity index (χ0n) is 23.2. The van der Waals surface area contributed by atoms with Crippen LogP contribution in [0.1, 0.15) is 120 Å². The maximum Gasteiger partial charge on any atom is 0.163 e. The summed E-state index contributed by atoms with van der Waals surface area (Å²) in [5.41, 5.74) is 0.953. The van der Waals surface area contributed by atoms with Gasteiger partial charge < -0.3 is 9.47 Å². The molecule has 0 bridgehead atoms. The molecule has 2 nitrogen and oxygen atoms in total. The van der Waals surface area contributed by atoms with Crippen LogP contribution in [0.15, 0.2) is 0 Å². The van der Waals surface area contributed by atoms with Crippen molar-refractivity contribution in [1.29, 1.82) is 0 Å². The highest BCUT2D eigenvalue weighted by Gasteiger charge is 2.68. The van der Waals surface area contributed by atoms with Crippen LogP contribution in [-0.2, 0) is 9.47 Å². The molecule has 0 spiro atoms. The first kappa shape index (κ1) is 24.6. The molecule has 5 rings (SSSR count). The van der Waals surface area contributed by atoms with Gasteiger partial charge in [-0.1, -0.05) is 67.2 Å². The van der Waals surface area contributed by atoms with Crippen LogP contribution in [0.4, 0.5) is 0 Å². The molecule has 0 aromatic rings. The Labute approximate surface area is 205 Å². The van der Waals surface area contributed by atoms with Gasteiger partial charge in [0.1, 0.15) is 0 Å². The molecular weight excluding hydrogens is 404 g/mol. The summed E-state index contributed by atoms with van der Waals surface area (Å²) in [6.07, 6.45) is 14.8. The van der Waals surface area contributed by atoms with Crippen molar-refractivity contribution in [2.75, 3.05) is 0 Å². The molecular formula is C31H54O2. The molecule has 5 fully saturated rings. The van der Waals surface area contributed by atoms with Crippen molar-refractivity contribution >= 4 is 0 Å². The van der Waals surface area contributed by atoms with Crippen molar-refractivity contribution in [1.82, 2.24) is 0 Å². The van der Waals surface area contributed by atoms with Gasteiger partial charge in [0.15, 0.2) is 5.79 Å². The standard InChI is InChI=1S/C31H54O2/c1-19(2)10-9-11-21(4)22-12-13-23-26-24(15-17-30(22,23)7)31(8)16-14-20(3)18-25(31)27-28(26)33-29(5,6)32-27/h19-28H,9-18H2,1-8H3/t20-,21+,22+,23-,24-,25+,26-,27+,28?,30+,31+/m0/s1. The number of fused-ring (bicyclic) bond motifs is 8. The van der Waals surface area contributed by atoms with Crippen molar-refractivity contribution in [2.24, 2.45) is 58.2 Å². The largest absolute Gasteiger partial charge is 0.344 e. The molecule has 0 N–H and O–H groups in total. The fourth-order valence-corrected chi connectivity index (χ4v) is 10.4. The average molecular weight is 459 g/mol. The fraction of sp³-hybridized carbons (Fsp3) is 1.00. The second-order valence-electron chi connectivity index (χ2n) is 14.9. The van der Waals surface area contributed by atoms with E-state index in [1.54, 1.807) is 0 Å². The number of hydrogen-bond acceptors (Lipinski definition) is 2. The van der Waals surface area contributed by atoms with Crippen molar-refractivity contribution in [2.45, 2.75) is 138 Å². The van der Waals surface area contributed by atoms with Crippen molar-refractivity contribution in [3.8, 4) is 0 Å². The third-order valence-corrected chi connectivity index (χ3v) is 12.0. The highest BCUT2D eigenvalue weighted by Crippen LogP contribution is 2.70. The van der Waals surface area contributed by atoms with Gasteiger partial charge in [0.05, 0.1) is 12.2 Å². The maximum absolute atomic E-state index is 6.87. The minimum absolute atomic E-state index is 0.318. The zero-order valence-corrected chi connectivity index (χ0v) is 23.2. The first-order valence-corrected chi connectivity index (χ1v) is 14.8. The van der Waals surface area contributed by atoms with Gasteiger partial charge in [0, 0.05) is 0 Å². The second kappa shape index (κ2) is 8.50. The van der Waals surface area contributed by atoms with Gasteiger partial charge in [-0.25, -0.2) is 0 Å². The Morgan fingerprint density at radius 1 is 0.758 bits per heavy atom. The molecule has 190 valence electrons. The Morgan fingerprint density at radius 3 is 2.15 bits per heavy atom. The van der Waals surface area contributed by atoms with Crippen LogP contribution in [0.5, 0.6) is 0 Å². The lowest BCUT2D eigenvalue weighted by Crippen LogP contribution is -2.63. The van der Waals surface area contributed by atoms with E-state index >= 15 is 0 Å². The van der Waals surface area contributed by atoms with E-state index in [9.17, 15) is 0 Å². The average Bonchev–Trinajstić information content (AvgIpc) is 3.24. The first-order chi connectivity index (χ1) is 15.5. The maximum atomic E-state index is 6.87. The van der Waals surface area contributed by atoms with Crippen LogP contribution >= 0.6 is 0 Å². The van der Waals surface area contributed by atoms with Crippen molar-refractivity contribution < 1.29 is 9.47 Å². The predicted molar refractivity (Wildman–Crippen MR) is 137 cm³/mol. The Kier molecular flexibility index (Phi) is 6.34. The van der Waals surface area contributed by atoms with Crippen LogP contribution < -0.4 is 0 Å². The van der Waals surface area contributed by atoms with Crippen LogP contribution in [0.25, 0.3) is 0 Å². The molecule has 2 heteroatoms. The van der Waals surface area contributed by atoms with E-state index in [1.165, 1.54) is 64.2 Å². The molecule has 4 aliphatic carbocycles. The van der Waals surface area contributed by atoms with Crippen LogP contribution in [-0.4, -0.2) is 18.0 Å². The van der Waals surface area contributed by atoms with Crippen LogP contribution in [0.2, 0.25) is 0 Å². The summed E-state index contributed by atoms with van der Waals surface area (Å²) in [7, 11) is 0. The van der Waals surface area contributed by atoms with E-state index in [-0.39, 0.29) is 0 Å². The molecule has 0 amide bonds. The number of ether oxygens (including phenoxy) is 2. The molecule has 4 saturated carbocycles. The van der Waals surface area contributed by atoms with Gasteiger partial charge in [-0.15, -0.1) is 0 Å². The minimum Gasteiger partial charge on any atom is -0.344 e. The third kappa shape index (κ3) is 3.96. The van der Waals surface area contributed by atoms with E-state index in [0.717, 1.165) is 35.5 Å². The normalized spacial score (nSPS) is 51.5. The first-order valence-electron chi connectivity index (χ1n) is 14.8. The van der Waals surface area contributed by atoms with E-state index in [2.05, 4.69) is 55.4 Å². The van der Waals surface area contributed by atoms with Gasteiger partial charge >= 0.3 is 0 Å². The molecule has 1 heterocycles. The summed E-state index contributed by atoms with van der Waals surface area (Å²) < 4.78 is 13.7. The second-order valence-corrected chi connectivity index (χ2v) is 14.9. The van der Waals surface area contributed by atoms with E-state index in [1.807, 2.05) is 0 Å². The lowest BCUT2D eigenvalue weighted by molar-refractivity contribution is -0.185. The minimum atomic E-state index is -0.415. The van der Waals surface area contributed by atoms with E-state index in [0.29, 0.717) is 34.9 Å². The Hall–Kier alpha value is -0.0800. The monoisotopic (exact) mass is 458 g/mol. The van der Waals surface area contributed by atoms with Gasteiger partial charge in [0.2, 0.25) is 0 Å². The smallest absolute Gasteiger partial charge is 0.163 e. The van der Waals surface area contributed by atoms with Gasteiger partial charge in [-0.05, 0) is 111 Å². The molecule has 33 heavy (non-hydrogen) atoms. The van der Waals surface area contributed by atoms with Crippen molar-refractivity contribution in [3.05, 3.63) is 0 Å². The fourth-order valence-electron chi connectivity index (χ4n) is 10.4.